The van der Waals surface area contributed by atoms with Crippen LogP contribution in [0.25, 0.3) is 0 Å². The number of quaternary nitrogens is 1. The molecule has 0 aliphatic carbocycles. The molecule has 0 radical (unpaired) electrons. The normalized spacial score (nSPS) is 13.9. The van der Waals surface area contributed by atoms with Crippen molar-refractivity contribution in [3.8, 4) is 0 Å². The number of rotatable bonds is 41. The number of esters is 1. The standard InChI is InChI=1S/C43H86NO7P/c1-6-8-10-12-14-16-18-19-20-21-22-23-24-25-27-29-31-33-35-38-48-40-42(41-50-52(46,47)49-39-37-44(3,4)5)51-43(45)36-34-32-30-28-26-17-15-13-11-9-7-2/h13,15,42H,6-12,14,16-41H2,1-5H3/b15-13-. The van der Waals surface area contributed by atoms with Crippen LogP contribution >= 0.6 is 7.82 Å². The Hall–Kier alpha value is -0.760. The molecule has 2 unspecified atom stereocenters. The number of hydrogen-bond donors (Lipinski definition) is 0. The van der Waals surface area contributed by atoms with Gasteiger partial charge < -0.3 is 27.9 Å². The predicted octanol–water partition coefficient (Wildman–Crippen LogP) is 12.0. The fraction of sp³-hybridized carbons (Fsp3) is 0.930. The van der Waals surface area contributed by atoms with Crippen LogP contribution in [0, 0.1) is 0 Å². The SMILES string of the molecule is CCCC/C=C\CCCCCCCC(=O)OC(COCCCCCCCCCCCCCCCCCCCCC)COP(=O)([O-])OCC[N+](C)(C)C. The van der Waals surface area contributed by atoms with Gasteiger partial charge in [0.05, 0.1) is 34.4 Å². The van der Waals surface area contributed by atoms with E-state index in [4.69, 9.17) is 18.5 Å². The second-order valence-electron chi connectivity index (χ2n) is 16.1. The maximum atomic E-state index is 12.6. The van der Waals surface area contributed by atoms with E-state index in [1.807, 2.05) is 21.1 Å². The Labute approximate surface area is 322 Å². The molecule has 9 heteroatoms. The topological polar surface area (TPSA) is 94.1 Å². The molecule has 0 heterocycles. The minimum absolute atomic E-state index is 0.0276. The molecule has 0 aromatic rings. The summed E-state index contributed by atoms with van der Waals surface area (Å²) in [5.74, 6) is -0.341. The second kappa shape index (κ2) is 37.2. The number of unbranched alkanes of at least 4 members (excludes halogenated alkanes) is 25. The summed E-state index contributed by atoms with van der Waals surface area (Å²) in [6.07, 6.45) is 39.4. The maximum Gasteiger partial charge on any atom is 0.306 e. The zero-order valence-electron chi connectivity index (χ0n) is 35.0. The molecule has 0 aromatic carbocycles. The van der Waals surface area contributed by atoms with E-state index in [1.54, 1.807) is 0 Å². The maximum absolute atomic E-state index is 12.6. The molecule has 0 spiro atoms. The summed E-state index contributed by atoms with van der Waals surface area (Å²) in [7, 11) is 1.36. The molecular weight excluding hydrogens is 673 g/mol. The van der Waals surface area contributed by atoms with Crippen LogP contribution in [0.2, 0.25) is 0 Å². The molecule has 8 nitrogen and oxygen atoms in total. The van der Waals surface area contributed by atoms with Crippen molar-refractivity contribution < 1.29 is 37.3 Å². The van der Waals surface area contributed by atoms with E-state index in [2.05, 4.69) is 26.0 Å². The van der Waals surface area contributed by atoms with Crippen molar-refractivity contribution in [3.63, 3.8) is 0 Å². The molecular formula is C43H86NO7P. The highest BCUT2D eigenvalue weighted by Gasteiger charge is 2.20. The van der Waals surface area contributed by atoms with Gasteiger partial charge in [0.25, 0.3) is 7.82 Å². The van der Waals surface area contributed by atoms with Gasteiger partial charge in [-0.1, -0.05) is 174 Å². The molecule has 0 saturated heterocycles. The van der Waals surface area contributed by atoms with Crippen LogP contribution in [0.5, 0.6) is 0 Å². The monoisotopic (exact) mass is 760 g/mol. The second-order valence-corrected chi connectivity index (χ2v) is 17.5. The minimum Gasteiger partial charge on any atom is -0.756 e. The van der Waals surface area contributed by atoms with Crippen molar-refractivity contribution in [3.05, 3.63) is 12.2 Å². The molecule has 0 bridgehead atoms. The number of allylic oxidation sites excluding steroid dienone is 2. The lowest BCUT2D eigenvalue weighted by atomic mass is 10.0. The van der Waals surface area contributed by atoms with Crippen LogP contribution in [0.4, 0.5) is 0 Å². The van der Waals surface area contributed by atoms with Gasteiger partial charge in [0, 0.05) is 13.0 Å². The average molecular weight is 760 g/mol. The van der Waals surface area contributed by atoms with Gasteiger partial charge in [0.2, 0.25) is 0 Å². The van der Waals surface area contributed by atoms with Crippen LogP contribution in [0.15, 0.2) is 12.2 Å². The molecule has 0 aliphatic heterocycles. The van der Waals surface area contributed by atoms with Gasteiger partial charge in [0.15, 0.2) is 0 Å². The van der Waals surface area contributed by atoms with Gasteiger partial charge in [-0.3, -0.25) is 9.36 Å². The van der Waals surface area contributed by atoms with Gasteiger partial charge in [-0.15, -0.1) is 0 Å². The van der Waals surface area contributed by atoms with Crippen molar-refractivity contribution in [2.24, 2.45) is 0 Å². The number of phosphoric acid groups is 1. The Balaban J connectivity index is 4.14. The van der Waals surface area contributed by atoms with Crippen molar-refractivity contribution >= 4 is 13.8 Å². The molecule has 0 N–H and O–H groups in total. The molecule has 2 atom stereocenters. The minimum atomic E-state index is -4.52. The van der Waals surface area contributed by atoms with Gasteiger partial charge in [-0.05, 0) is 32.1 Å². The van der Waals surface area contributed by atoms with Crippen LogP contribution in [0.1, 0.15) is 200 Å². The number of carbonyl (C=O) groups excluding carboxylic acids is 1. The number of carbonyl (C=O) groups is 1. The quantitative estimate of drug-likeness (QED) is 0.0201. The summed E-state index contributed by atoms with van der Waals surface area (Å²) in [5, 5.41) is 0. The Morgan fingerprint density at radius 3 is 1.52 bits per heavy atom. The summed E-state index contributed by atoms with van der Waals surface area (Å²) in [6, 6.07) is 0. The number of phosphoric ester groups is 1. The molecule has 0 saturated carbocycles. The summed E-state index contributed by atoms with van der Waals surface area (Å²) >= 11 is 0. The summed E-state index contributed by atoms with van der Waals surface area (Å²) in [4.78, 5) is 25.0. The molecule has 0 amide bonds. The first kappa shape index (κ1) is 51.2. The van der Waals surface area contributed by atoms with Crippen LogP contribution in [-0.2, 0) is 27.9 Å². The Kier molecular flexibility index (Phi) is 36.6. The van der Waals surface area contributed by atoms with Crippen molar-refractivity contribution in [1.82, 2.24) is 0 Å². The lowest BCUT2D eigenvalue weighted by Gasteiger charge is -2.28. The fourth-order valence-electron chi connectivity index (χ4n) is 6.12. The first-order valence-corrected chi connectivity index (χ1v) is 23.4. The summed E-state index contributed by atoms with van der Waals surface area (Å²) in [6.45, 7) is 5.40. The van der Waals surface area contributed by atoms with Crippen LogP contribution in [-0.4, -0.2) is 70.7 Å². The first-order valence-electron chi connectivity index (χ1n) is 21.9. The van der Waals surface area contributed by atoms with Crippen LogP contribution in [0.3, 0.4) is 0 Å². The average Bonchev–Trinajstić information content (AvgIpc) is 3.09. The van der Waals surface area contributed by atoms with Gasteiger partial charge >= 0.3 is 5.97 Å². The lowest BCUT2D eigenvalue weighted by Crippen LogP contribution is -2.37. The highest BCUT2D eigenvalue weighted by Crippen LogP contribution is 2.38. The van der Waals surface area contributed by atoms with E-state index in [0.29, 0.717) is 24.1 Å². The van der Waals surface area contributed by atoms with Gasteiger partial charge in [-0.25, -0.2) is 0 Å². The highest BCUT2D eigenvalue weighted by molar-refractivity contribution is 7.45. The van der Waals surface area contributed by atoms with Gasteiger partial charge in [-0.2, -0.15) is 0 Å². The van der Waals surface area contributed by atoms with Crippen molar-refractivity contribution in [1.29, 1.82) is 0 Å². The third-order valence-corrected chi connectivity index (χ3v) is 10.5. The Morgan fingerprint density at radius 2 is 1.02 bits per heavy atom. The van der Waals surface area contributed by atoms with E-state index < -0.39 is 13.9 Å². The zero-order valence-corrected chi connectivity index (χ0v) is 35.9. The third-order valence-electron chi connectivity index (χ3n) is 9.57. The predicted molar refractivity (Wildman–Crippen MR) is 217 cm³/mol. The zero-order chi connectivity index (χ0) is 38.4. The Morgan fingerprint density at radius 1 is 0.577 bits per heavy atom. The largest absolute Gasteiger partial charge is 0.756 e. The lowest BCUT2D eigenvalue weighted by molar-refractivity contribution is -0.870. The smallest absolute Gasteiger partial charge is 0.306 e. The summed E-state index contributed by atoms with van der Waals surface area (Å²) in [5.41, 5.74) is 0. The van der Waals surface area contributed by atoms with E-state index in [1.165, 1.54) is 135 Å². The first-order chi connectivity index (χ1) is 25.1. The van der Waals surface area contributed by atoms with E-state index in [0.717, 1.165) is 44.9 Å². The van der Waals surface area contributed by atoms with Crippen molar-refractivity contribution in [2.45, 2.75) is 206 Å². The summed E-state index contributed by atoms with van der Waals surface area (Å²) < 4.78 is 34.5. The number of ether oxygens (including phenoxy) is 2. The molecule has 0 aliphatic rings. The molecule has 0 aromatic heterocycles. The molecule has 52 heavy (non-hydrogen) atoms. The van der Waals surface area contributed by atoms with E-state index in [-0.39, 0.29) is 25.8 Å². The number of hydrogen-bond acceptors (Lipinski definition) is 7. The molecule has 310 valence electrons. The Bertz CT molecular complexity index is 848. The van der Waals surface area contributed by atoms with E-state index >= 15 is 0 Å². The van der Waals surface area contributed by atoms with E-state index in [9.17, 15) is 14.3 Å². The van der Waals surface area contributed by atoms with Gasteiger partial charge in [0.1, 0.15) is 19.3 Å². The highest BCUT2D eigenvalue weighted by atomic mass is 31.2. The molecule has 0 fully saturated rings. The van der Waals surface area contributed by atoms with Crippen molar-refractivity contribution in [2.75, 3.05) is 54.1 Å². The number of nitrogens with zero attached hydrogens (tertiary/aromatic N) is 1. The fourth-order valence-corrected chi connectivity index (χ4v) is 6.84. The molecule has 0 rings (SSSR count). The third kappa shape index (κ3) is 40.4. The van der Waals surface area contributed by atoms with Crippen LogP contribution < -0.4 is 4.89 Å². The number of likely N-dealkylation sites (N-methyl/N-ethyl adjacent to an activating group) is 1.